The molecule has 0 N–H and O–H groups in total. The Morgan fingerprint density at radius 2 is 1.65 bits per heavy atom. The summed E-state index contributed by atoms with van der Waals surface area (Å²) in [6, 6.07) is 0. The predicted octanol–water partition coefficient (Wildman–Crippen LogP) is 3.94. The summed E-state index contributed by atoms with van der Waals surface area (Å²) in [5.74, 6) is 0.748. The summed E-state index contributed by atoms with van der Waals surface area (Å²) in [6.45, 7) is 0. The van der Waals surface area contributed by atoms with Gasteiger partial charge in [-0.3, -0.25) is 4.79 Å². The summed E-state index contributed by atoms with van der Waals surface area (Å²) in [5.41, 5.74) is 0.380. The molecule has 2 aliphatic carbocycles. The van der Waals surface area contributed by atoms with Gasteiger partial charge < -0.3 is 9.47 Å². The van der Waals surface area contributed by atoms with Crippen molar-refractivity contribution in [1.29, 1.82) is 0 Å². The third-order valence-electron chi connectivity index (χ3n) is 4.48. The van der Waals surface area contributed by atoms with Gasteiger partial charge in [-0.15, -0.1) is 0 Å². The molecule has 0 aromatic carbocycles. The normalized spacial score (nSPS) is 28.8. The van der Waals surface area contributed by atoms with Gasteiger partial charge in [0.05, 0.1) is 7.11 Å². The third-order valence-corrected chi connectivity index (χ3v) is 4.48. The fourth-order valence-corrected chi connectivity index (χ4v) is 3.19. The van der Waals surface area contributed by atoms with Gasteiger partial charge in [0.2, 0.25) is 0 Å². The van der Waals surface area contributed by atoms with E-state index in [1.54, 1.807) is 20.3 Å². The van der Waals surface area contributed by atoms with Crippen LogP contribution in [0.15, 0.2) is 23.5 Å². The Bertz CT molecular complexity index is 408. The SMILES string of the molecule is COC1=CC(=O)C2(OC)C=C1CCCCCCCCC2. The smallest absolute Gasteiger partial charge is 0.195 e. The number of fused-ring (bicyclic) bond motifs is 1. The van der Waals surface area contributed by atoms with E-state index in [4.69, 9.17) is 9.47 Å². The van der Waals surface area contributed by atoms with Crippen LogP contribution in [0.5, 0.6) is 0 Å². The van der Waals surface area contributed by atoms with Gasteiger partial charge in [-0.1, -0.05) is 32.1 Å². The molecule has 0 aromatic heterocycles. The van der Waals surface area contributed by atoms with Crippen LogP contribution < -0.4 is 0 Å². The largest absolute Gasteiger partial charge is 0.496 e. The molecule has 0 spiro atoms. The van der Waals surface area contributed by atoms with Gasteiger partial charge in [-0.05, 0) is 37.3 Å². The number of carbonyl (C=O) groups is 1. The zero-order valence-electron chi connectivity index (χ0n) is 12.7. The van der Waals surface area contributed by atoms with E-state index in [0.29, 0.717) is 0 Å². The summed E-state index contributed by atoms with van der Waals surface area (Å²) in [7, 11) is 3.28. The lowest BCUT2D eigenvalue weighted by Gasteiger charge is -2.32. The van der Waals surface area contributed by atoms with Gasteiger partial charge in [0, 0.05) is 13.2 Å². The number of methoxy groups -OCH3 is 2. The van der Waals surface area contributed by atoms with E-state index >= 15 is 0 Å². The average Bonchev–Trinajstić information content (AvgIpc) is 2.45. The molecular formula is C17H26O3. The highest BCUT2D eigenvalue weighted by molar-refractivity contribution is 6.01. The molecule has 0 aromatic rings. The first-order valence-corrected chi connectivity index (χ1v) is 7.79. The molecule has 3 nitrogen and oxygen atoms in total. The number of hydrogen-bond acceptors (Lipinski definition) is 3. The van der Waals surface area contributed by atoms with Crippen molar-refractivity contribution in [2.75, 3.05) is 14.2 Å². The maximum Gasteiger partial charge on any atom is 0.195 e. The van der Waals surface area contributed by atoms with E-state index in [9.17, 15) is 4.79 Å². The van der Waals surface area contributed by atoms with Crippen molar-refractivity contribution in [3.8, 4) is 0 Å². The quantitative estimate of drug-likeness (QED) is 0.767. The van der Waals surface area contributed by atoms with Crippen LogP contribution in [0.1, 0.15) is 57.8 Å². The van der Waals surface area contributed by atoms with Gasteiger partial charge in [-0.25, -0.2) is 0 Å². The van der Waals surface area contributed by atoms with Crippen molar-refractivity contribution < 1.29 is 14.3 Å². The van der Waals surface area contributed by atoms with Crippen molar-refractivity contribution >= 4 is 5.78 Å². The van der Waals surface area contributed by atoms with Crippen LogP contribution in [-0.4, -0.2) is 25.6 Å². The second-order valence-electron chi connectivity index (χ2n) is 5.82. The van der Waals surface area contributed by atoms with Gasteiger partial charge in [0.1, 0.15) is 11.4 Å². The van der Waals surface area contributed by atoms with Crippen LogP contribution in [0, 0.1) is 0 Å². The van der Waals surface area contributed by atoms with Gasteiger partial charge >= 0.3 is 0 Å². The minimum absolute atomic E-state index is 0.0256. The topological polar surface area (TPSA) is 35.5 Å². The van der Waals surface area contributed by atoms with E-state index in [0.717, 1.165) is 37.0 Å². The molecule has 112 valence electrons. The van der Waals surface area contributed by atoms with E-state index in [1.807, 2.05) is 6.08 Å². The minimum Gasteiger partial charge on any atom is -0.496 e. The molecule has 0 heterocycles. The number of hydrogen-bond donors (Lipinski definition) is 0. The lowest BCUT2D eigenvalue weighted by molar-refractivity contribution is -0.132. The number of ketones is 1. The Morgan fingerprint density at radius 3 is 2.30 bits per heavy atom. The summed E-state index contributed by atoms with van der Waals surface area (Å²) in [6.07, 6.45) is 13.9. The molecule has 0 fully saturated rings. The fourth-order valence-electron chi connectivity index (χ4n) is 3.19. The zero-order valence-corrected chi connectivity index (χ0v) is 12.7. The van der Waals surface area contributed by atoms with Gasteiger partial charge in [0.25, 0.3) is 0 Å². The molecule has 3 heteroatoms. The van der Waals surface area contributed by atoms with Crippen LogP contribution >= 0.6 is 0 Å². The minimum atomic E-state index is -0.753. The third kappa shape index (κ3) is 3.32. The number of carbonyl (C=O) groups excluding carboxylic acids is 1. The van der Waals surface area contributed by atoms with E-state index in [-0.39, 0.29) is 5.78 Å². The monoisotopic (exact) mass is 278 g/mol. The lowest BCUT2D eigenvalue weighted by atomic mass is 9.82. The number of rotatable bonds is 2. The molecule has 1 atom stereocenters. The highest BCUT2D eigenvalue weighted by Crippen LogP contribution is 2.34. The first-order valence-electron chi connectivity index (χ1n) is 7.79. The van der Waals surface area contributed by atoms with Crippen molar-refractivity contribution in [2.45, 2.75) is 63.4 Å². The molecule has 0 aliphatic heterocycles. The van der Waals surface area contributed by atoms with E-state index in [2.05, 4.69) is 0 Å². The molecule has 0 saturated carbocycles. The maximum absolute atomic E-state index is 12.4. The van der Waals surface area contributed by atoms with Gasteiger partial charge in [0.15, 0.2) is 5.78 Å². The average molecular weight is 278 g/mol. The molecule has 2 aliphatic rings. The second-order valence-corrected chi connectivity index (χ2v) is 5.82. The molecule has 2 rings (SSSR count). The Hall–Kier alpha value is -1.09. The Morgan fingerprint density at radius 1 is 1.00 bits per heavy atom. The number of allylic oxidation sites excluding steroid dienone is 1. The lowest BCUT2D eigenvalue weighted by Crippen LogP contribution is -2.40. The predicted molar refractivity (Wildman–Crippen MR) is 79.5 cm³/mol. The fraction of sp³-hybridized carbons (Fsp3) is 0.706. The summed E-state index contributed by atoms with van der Waals surface area (Å²) < 4.78 is 11.0. The van der Waals surface area contributed by atoms with Gasteiger partial charge in [-0.2, -0.15) is 0 Å². The Balaban J connectivity index is 2.26. The molecular weight excluding hydrogens is 252 g/mol. The van der Waals surface area contributed by atoms with E-state index < -0.39 is 5.60 Å². The van der Waals surface area contributed by atoms with Crippen LogP contribution in [0.4, 0.5) is 0 Å². The van der Waals surface area contributed by atoms with Crippen molar-refractivity contribution in [3.05, 3.63) is 23.5 Å². The summed E-state index contributed by atoms with van der Waals surface area (Å²) in [5, 5.41) is 0. The van der Waals surface area contributed by atoms with Crippen LogP contribution in [0.25, 0.3) is 0 Å². The standard InChI is InChI=1S/C17H26O3/c1-19-15-12-16(18)17(20-2)11-9-7-5-3-4-6-8-10-14(15)13-17/h12-13H,3-11H2,1-2H3. The molecule has 1 unspecified atom stereocenters. The van der Waals surface area contributed by atoms with Crippen LogP contribution in [-0.2, 0) is 14.3 Å². The first-order chi connectivity index (χ1) is 9.72. The first kappa shape index (κ1) is 15.3. The number of ether oxygens (including phenoxy) is 2. The molecule has 0 radical (unpaired) electrons. The van der Waals surface area contributed by atoms with Crippen molar-refractivity contribution in [2.24, 2.45) is 0 Å². The second kappa shape index (κ2) is 7.07. The summed E-state index contributed by atoms with van der Waals surface area (Å²) >= 11 is 0. The maximum atomic E-state index is 12.4. The van der Waals surface area contributed by atoms with E-state index in [1.165, 1.54) is 32.1 Å². The van der Waals surface area contributed by atoms with Crippen LogP contribution in [0.3, 0.4) is 0 Å². The van der Waals surface area contributed by atoms with Crippen molar-refractivity contribution in [1.82, 2.24) is 0 Å². The Kier molecular flexibility index (Phi) is 5.41. The zero-order chi connectivity index (χ0) is 14.4. The highest BCUT2D eigenvalue weighted by Gasteiger charge is 2.38. The van der Waals surface area contributed by atoms with Crippen molar-refractivity contribution in [3.63, 3.8) is 0 Å². The highest BCUT2D eigenvalue weighted by atomic mass is 16.5. The molecule has 2 bridgehead atoms. The summed E-state index contributed by atoms with van der Waals surface area (Å²) in [4.78, 5) is 12.4. The molecule has 20 heavy (non-hydrogen) atoms. The Labute approximate surface area is 122 Å². The molecule has 0 saturated heterocycles. The molecule has 0 amide bonds. The van der Waals surface area contributed by atoms with Crippen LogP contribution in [0.2, 0.25) is 0 Å².